The molecule has 25 heavy (non-hydrogen) atoms. The second-order valence-electron chi connectivity index (χ2n) is 6.32. The van der Waals surface area contributed by atoms with Gasteiger partial charge in [0.1, 0.15) is 12.4 Å². The van der Waals surface area contributed by atoms with E-state index in [1.807, 2.05) is 30.3 Å². The minimum Gasteiger partial charge on any atom is -0.316 e. The van der Waals surface area contributed by atoms with Crippen molar-refractivity contribution in [2.45, 2.75) is 18.9 Å². The van der Waals surface area contributed by atoms with Crippen molar-refractivity contribution in [3.63, 3.8) is 0 Å². The van der Waals surface area contributed by atoms with Gasteiger partial charge < -0.3 is 4.90 Å². The predicted octanol–water partition coefficient (Wildman–Crippen LogP) is 1.99. The molecule has 1 fully saturated rings. The van der Waals surface area contributed by atoms with Crippen LogP contribution in [0.5, 0.6) is 0 Å². The number of carbonyl (C=O) groups excluding carboxylic acids is 2. The molecule has 2 atom stereocenters. The van der Waals surface area contributed by atoms with Crippen molar-refractivity contribution < 1.29 is 18.9 Å². The zero-order chi connectivity index (χ0) is 18.0. The Morgan fingerprint density at radius 2 is 1.88 bits per heavy atom. The summed E-state index contributed by atoms with van der Waals surface area (Å²) in [6.07, 6.45) is 0.177. The molecule has 0 radical (unpaired) electrons. The summed E-state index contributed by atoms with van der Waals surface area (Å²) in [7, 11) is 1.80. The van der Waals surface area contributed by atoms with Crippen molar-refractivity contribution in [1.82, 2.24) is 4.90 Å². The van der Waals surface area contributed by atoms with Crippen LogP contribution in [-0.4, -0.2) is 30.4 Å². The molecule has 130 valence electrons. The van der Waals surface area contributed by atoms with Crippen molar-refractivity contribution in [1.29, 1.82) is 0 Å². The lowest BCUT2D eigenvalue weighted by molar-refractivity contribution is -0.901. The first-order chi connectivity index (χ1) is 12.0. The maximum Gasteiger partial charge on any atom is 0.241 e. The monoisotopic (exact) mass is 361 g/mol. The van der Waals surface area contributed by atoms with E-state index in [4.69, 9.17) is 11.6 Å². The summed E-state index contributed by atoms with van der Waals surface area (Å²) in [5.41, 5.74) is 1.23. The smallest absolute Gasteiger partial charge is 0.241 e. The van der Waals surface area contributed by atoms with E-state index in [1.165, 1.54) is 11.0 Å². The van der Waals surface area contributed by atoms with E-state index in [1.54, 1.807) is 19.2 Å². The summed E-state index contributed by atoms with van der Waals surface area (Å²) in [4.78, 5) is 27.0. The molecule has 4 nitrogen and oxygen atoms in total. The van der Waals surface area contributed by atoms with Crippen LogP contribution in [0.2, 0.25) is 5.02 Å². The zero-order valence-corrected chi connectivity index (χ0v) is 14.6. The summed E-state index contributed by atoms with van der Waals surface area (Å²) in [6.45, 7) is 0.476. The number of rotatable bonds is 5. The van der Waals surface area contributed by atoms with Gasteiger partial charge in [0.05, 0.1) is 23.6 Å². The fourth-order valence-electron chi connectivity index (χ4n) is 3.12. The second-order valence-corrected chi connectivity index (χ2v) is 6.73. The van der Waals surface area contributed by atoms with Gasteiger partial charge in [-0.3, -0.25) is 9.59 Å². The molecule has 0 saturated carbocycles. The third-order valence-electron chi connectivity index (χ3n) is 4.41. The standard InChI is InChI=1S/C19H18ClFN2O2/c1-22(11-15-16(20)8-5-9-17(15)21)12-23-18(24)10-14(19(23)25)13-6-3-2-4-7-13/h2-9,14H,10-12H2,1H3/p+1/t14-/m1/s1. The van der Waals surface area contributed by atoms with Crippen LogP contribution in [0.4, 0.5) is 4.39 Å². The maximum absolute atomic E-state index is 13.9. The Labute approximate surface area is 150 Å². The molecule has 1 saturated heterocycles. The minimum atomic E-state index is -0.432. The molecule has 0 aromatic heterocycles. The van der Waals surface area contributed by atoms with Gasteiger partial charge in [0, 0.05) is 6.42 Å². The molecular weight excluding hydrogens is 343 g/mol. The molecule has 1 heterocycles. The quantitative estimate of drug-likeness (QED) is 0.828. The van der Waals surface area contributed by atoms with E-state index >= 15 is 0 Å². The van der Waals surface area contributed by atoms with Crippen LogP contribution in [-0.2, 0) is 16.1 Å². The fourth-order valence-corrected chi connectivity index (χ4v) is 3.35. The maximum atomic E-state index is 13.9. The van der Waals surface area contributed by atoms with Gasteiger partial charge in [-0.25, -0.2) is 9.29 Å². The van der Waals surface area contributed by atoms with E-state index in [9.17, 15) is 14.0 Å². The Balaban J connectivity index is 1.70. The molecule has 2 aromatic carbocycles. The van der Waals surface area contributed by atoms with Crippen LogP contribution >= 0.6 is 11.6 Å². The van der Waals surface area contributed by atoms with Crippen molar-refractivity contribution in [3.8, 4) is 0 Å². The number of hydrogen-bond acceptors (Lipinski definition) is 2. The van der Waals surface area contributed by atoms with Crippen molar-refractivity contribution in [3.05, 3.63) is 70.5 Å². The summed E-state index contributed by atoms with van der Waals surface area (Å²) in [5.74, 6) is -1.21. The van der Waals surface area contributed by atoms with E-state index in [0.29, 0.717) is 17.1 Å². The van der Waals surface area contributed by atoms with Gasteiger partial charge >= 0.3 is 0 Å². The zero-order valence-electron chi connectivity index (χ0n) is 13.8. The largest absolute Gasteiger partial charge is 0.316 e. The van der Waals surface area contributed by atoms with Crippen LogP contribution in [0.25, 0.3) is 0 Å². The van der Waals surface area contributed by atoms with Gasteiger partial charge in [0.15, 0.2) is 6.67 Å². The van der Waals surface area contributed by atoms with Gasteiger partial charge in [0.2, 0.25) is 11.8 Å². The number of likely N-dealkylation sites (tertiary alicyclic amines) is 1. The van der Waals surface area contributed by atoms with Crippen LogP contribution < -0.4 is 4.90 Å². The van der Waals surface area contributed by atoms with E-state index in [-0.39, 0.29) is 30.7 Å². The van der Waals surface area contributed by atoms with Crippen LogP contribution in [0.3, 0.4) is 0 Å². The minimum absolute atomic E-state index is 0.177. The Morgan fingerprint density at radius 3 is 2.56 bits per heavy atom. The molecular formula is C19H19ClFN2O2+. The number of amides is 2. The van der Waals surface area contributed by atoms with Gasteiger partial charge in [-0.2, -0.15) is 0 Å². The highest BCUT2D eigenvalue weighted by Gasteiger charge is 2.40. The number of nitrogens with one attached hydrogen (secondary N) is 1. The van der Waals surface area contributed by atoms with E-state index in [0.717, 1.165) is 10.5 Å². The third-order valence-corrected chi connectivity index (χ3v) is 4.77. The predicted molar refractivity (Wildman–Crippen MR) is 92.5 cm³/mol. The molecule has 1 aliphatic rings. The fraction of sp³-hybridized carbons (Fsp3) is 0.263. The number of benzene rings is 2. The van der Waals surface area contributed by atoms with Gasteiger partial charge in [0.25, 0.3) is 0 Å². The molecule has 1 aliphatic heterocycles. The summed E-state index contributed by atoms with van der Waals surface area (Å²) in [6, 6.07) is 13.8. The lowest BCUT2D eigenvalue weighted by atomic mass is 9.98. The second kappa shape index (κ2) is 7.33. The van der Waals surface area contributed by atoms with Crippen molar-refractivity contribution in [2.24, 2.45) is 0 Å². The molecule has 2 aromatic rings. The molecule has 3 rings (SSSR count). The van der Waals surface area contributed by atoms with Crippen LogP contribution in [0.15, 0.2) is 48.5 Å². The molecule has 6 heteroatoms. The van der Waals surface area contributed by atoms with Crippen molar-refractivity contribution in [2.75, 3.05) is 13.7 Å². The van der Waals surface area contributed by atoms with Gasteiger partial charge in [-0.05, 0) is 17.7 Å². The lowest BCUT2D eigenvalue weighted by Crippen LogP contribution is -3.09. The van der Waals surface area contributed by atoms with Crippen LogP contribution in [0.1, 0.15) is 23.5 Å². The summed E-state index contributed by atoms with van der Waals surface area (Å²) < 4.78 is 13.9. The average molecular weight is 362 g/mol. The number of carbonyl (C=O) groups is 2. The Bertz CT molecular complexity index is 777. The topological polar surface area (TPSA) is 41.8 Å². The first kappa shape index (κ1) is 17.6. The highest BCUT2D eigenvalue weighted by atomic mass is 35.5. The molecule has 1 unspecified atom stereocenters. The molecule has 0 aliphatic carbocycles. The normalized spacial score (nSPS) is 18.7. The van der Waals surface area contributed by atoms with Crippen LogP contribution in [0, 0.1) is 5.82 Å². The first-order valence-corrected chi connectivity index (χ1v) is 8.48. The molecule has 2 amide bonds. The van der Waals surface area contributed by atoms with E-state index in [2.05, 4.69) is 0 Å². The Kier molecular flexibility index (Phi) is 5.16. The number of imide groups is 1. The third kappa shape index (κ3) is 3.72. The summed E-state index contributed by atoms with van der Waals surface area (Å²) >= 11 is 6.05. The SMILES string of the molecule is C[NH+](Cc1c(F)cccc1Cl)CN1C(=O)C[C@H](c2ccccc2)C1=O. The van der Waals surface area contributed by atoms with Gasteiger partial charge in [-0.15, -0.1) is 0 Å². The Morgan fingerprint density at radius 1 is 1.16 bits per heavy atom. The number of nitrogens with zero attached hydrogens (tertiary/aromatic N) is 1. The number of halogens is 2. The molecule has 0 spiro atoms. The highest BCUT2D eigenvalue weighted by molar-refractivity contribution is 6.31. The Hall–Kier alpha value is -2.24. The van der Waals surface area contributed by atoms with E-state index < -0.39 is 5.92 Å². The molecule has 0 bridgehead atoms. The van der Waals surface area contributed by atoms with Gasteiger partial charge in [-0.1, -0.05) is 48.0 Å². The van der Waals surface area contributed by atoms with Crippen molar-refractivity contribution >= 4 is 23.4 Å². The molecule has 1 N–H and O–H groups in total. The number of hydrogen-bond donors (Lipinski definition) is 1. The average Bonchev–Trinajstić information content (AvgIpc) is 2.87. The lowest BCUT2D eigenvalue weighted by Gasteiger charge is -2.21. The summed E-state index contributed by atoms with van der Waals surface area (Å²) in [5, 5.41) is 0.348. The number of quaternary nitrogens is 1. The first-order valence-electron chi connectivity index (χ1n) is 8.10. The highest BCUT2D eigenvalue weighted by Crippen LogP contribution is 2.28.